The molecular formula is C20H22ClN3O2S2. The van der Waals surface area contributed by atoms with Crippen LogP contribution in [0.25, 0.3) is 5.69 Å². The van der Waals surface area contributed by atoms with Gasteiger partial charge in [0, 0.05) is 29.6 Å². The number of hydrogen-bond acceptors (Lipinski definition) is 5. The summed E-state index contributed by atoms with van der Waals surface area (Å²) in [5, 5.41) is 7.26. The summed E-state index contributed by atoms with van der Waals surface area (Å²) < 4.78 is 25.9. The van der Waals surface area contributed by atoms with Crippen LogP contribution in [0.4, 0.5) is 0 Å². The summed E-state index contributed by atoms with van der Waals surface area (Å²) in [7, 11) is -2.96. The number of aromatic nitrogens is 2. The molecule has 0 aliphatic carbocycles. The van der Waals surface area contributed by atoms with Crippen molar-refractivity contribution in [2.24, 2.45) is 0 Å². The molecule has 0 N–H and O–H groups in total. The highest BCUT2D eigenvalue weighted by atomic mass is 35.5. The lowest BCUT2D eigenvalue weighted by Gasteiger charge is -2.27. The Hall–Kier alpha value is -1.67. The third kappa shape index (κ3) is 4.17. The number of rotatable bonds is 6. The smallest absolute Gasteiger partial charge is 0.151 e. The van der Waals surface area contributed by atoms with E-state index in [2.05, 4.69) is 16.1 Å². The zero-order valence-corrected chi connectivity index (χ0v) is 18.0. The Morgan fingerprint density at radius 3 is 2.64 bits per heavy atom. The Morgan fingerprint density at radius 1 is 1.21 bits per heavy atom. The molecule has 0 radical (unpaired) electrons. The van der Waals surface area contributed by atoms with Crippen LogP contribution in [0.15, 0.2) is 47.8 Å². The van der Waals surface area contributed by atoms with E-state index in [1.807, 2.05) is 48.7 Å². The maximum absolute atomic E-state index is 12.1. The van der Waals surface area contributed by atoms with E-state index in [0.717, 1.165) is 16.9 Å². The van der Waals surface area contributed by atoms with E-state index in [1.54, 1.807) is 16.0 Å². The number of halogens is 1. The first-order valence-corrected chi connectivity index (χ1v) is 12.3. The first-order valence-electron chi connectivity index (χ1n) is 9.19. The van der Waals surface area contributed by atoms with Crippen molar-refractivity contribution in [1.29, 1.82) is 0 Å². The van der Waals surface area contributed by atoms with Crippen LogP contribution in [0.3, 0.4) is 0 Å². The lowest BCUT2D eigenvalue weighted by Crippen LogP contribution is -2.35. The molecule has 1 aliphatic rings. The van der Waals surface area contributed by atoms with Gasteiger partial charge in [0.2, 0.25) is 0 Å². The summed E-state index contributed by atoms with van der Waals surface area (Å²) >= 11 is 8.40. The minimum Gasteiger partial charge on any atom is -0.290 e. The summed E-state index contributed by atoms with van der Waals surface area (Å²) in [5.74, 6) is 0.469. The van der Waals surface area contributed by atoms with Gasteiger partial charge in [-0.25, -0.2) is 13.1 Å². The third-order valence-corrected chi connectivity index (χ3v) is 8.15. The Bertz CT molecular complexity index is 1050. The molecule has 1 atom stereocenters. The SMILES string of the molecule is Cc1nn(-c2ccccc2)c(Cl)c1CN(Cc1cccs1)C1CCS(=O)(=O)C1. The van der Waals surface area contributed by atoms with Crippen molar-refractivity contribution in [2.75, 3.05) is 11.5 Å². The summed E-state index contributed by atoms with van der Waals surface area (Å²) in [4.78, 5) is 3.45. The first kappa shape index (κ1) is 19.6. The van der Waals surface area contributed by atoms with Gasteiger partial charge >= 0.3 is 0 Å². The molecule has 0 saturated carbocycles. The number of hydrogen-bond donors (Lipinski definition) is 0. The molecule has 3 aromatic rings. The molecule has 28 heavy (non-hydrogen) atoms. The molecule has 1 aromatic carbocycles. The van der Waals surface area contributed by atoms with Crippen LogP contribution in [-0.4, -0.2) is 40.6 Å². The number of thiophene rings is 1. The highest BCUT2D eigenvalue weighted by Crippen LogP contribution is 2.29. The van der Waals surface area contributed by atoms with Gasteiger partial charge in [-0.05, 0) is 36.9 Å². The fourth-order valence-electron chi connectivity index (χ4n) is 3.63. The largest absolute Gasteiger partial charge is 0.290 e. The van der Waals surface area contributed by atoms with Gasteiger partial charge in [0.15, 0.2) is 9.84 Å². The van der Waals surface area contributed by atoms with Crippen molar-refractivity contribution in [3.8, 4) is 5.69 Å². The van der Waals surface area contributed by atoms with Crippen LogP contribution >= 0.6 is 22.9 Å². The summed E-state index contributed by atoms with van der Waals surface area (Å²) in [6, 6.07) is 13.9. The molecule has 148 valence electrons. The van der Waals surface area contributed by atoms with Gasteiger partial charge in [0.25, 0.3) is 0 Å². The maximum atomic E-state index is 12.1. The average Bonchev–Trinajstić information content (AvgIpc) is 3.37. The van der Waals surface area contributed by atoms with E-state index >= 15 is 0 Å². The molecule has 8 heteroatoms. The van der Waals surface area contributed by atoms with Crippen LogP contribution in [-0.2, 0) is 22.9 Å². The molecule has 1 fully saturated rings. The molecule has 0 amide bonds. The third-order valence-electron chi connectivity index (χ3n) is 5.15. The predicted molar refractivity (Wildman–Crippen MR) is 114 cm³/mol. The molecule has 3 heterocycles. The highest BCUT2D eigenvalue weighted by Gasteiger charge is 2.33. The minimum atomic E-state index is -2.96. The second-order valence-corrected chi connectivity index (χ2v) is 10.8. The zero-order valence-electron chi connectivity index (χ0n) is 15.6. The highest BCUT2D eigenvalue weighted by molar-refractivity contribution is 7.91. The molecule has 4 rings (SSSR count). The molecule has 0 bridgehead atoms. The maximum Gasteiger partial charge on any atom is 0.151 e. The van der Waals surface area contributed by atoms with Gasteiger partial charge in [-0.2, -0.15) is 5.10 Å². The Morgan fingerprint density at radius 2 is 2.00 bits per heavy atom. The van der Waals surface area contributed by atoms with E-state index in [1.165, 1.54) is 4.88 Å². The van der Waals surface area contributed by atoms with Crippen molar-refractivity contribution < 1.29 is 8.42 Å². The number of nitrogens with zero attached hydrogens (tertiary/aromatic N) is 3. The summed E-state index contributed by atoms with van der Waals surface area (Å²) in [5.41, 5.74) is 2.73. The van der Waals surface area contributed by atoms with E-state index in [-0.39, 0.29) is 17.5 Å². The topological polar surface area (TPSA) is 55.2 Å². The lowest BCUT2D eigenvalue weighted by molar-refractivity contribution is 0.196. The number of sulfone groups is 1. The van der Waals surface area contributed by atoms with Crippen LogP contribution in [0, 0.1) is 6.92 Å². The van der Waals surface area contributed by atoms with Gasteiger partial charge < -0.3 is 0 Å². The van der Waals surface area contributed by atoms with Crippen LogP contribution < -0.4 is 0 Å². The number of aryl methyl sites for hydroxylation is 1. The van der Waals surface area contributed by atoms with E-state index in [0.29, 0.717) is 24.7 Å². The normalized spacial score (nSPS) is 18.8. The van der Waals surface area contributed by atoms with Crippen molar-refractivity contribution in [1.82, 2.24) is 14.7 Å². The minimum absolute atomic E-state index is 0.00245. The second-order valence-electron chi connectivity index (χ2n) is 7.14. The number of para-hydroxylation sites is 1. The molecule has 1 saturated heterocycles. The van der Waals surface area contributed by atoms with Crippen molar-refractivity contribution in [3.63, 3.8) is 0 Å². The monoisotopic (exact) mass is 435 g/mol. The zero-order chi connectivity index (χ0) is 19.7. The fourth-order valence-corrected chi connectivity index (χ4v) is 6.46. The molecule has 0 spiro atoms. The fraction of sp³-hybridized carbons (Fsp3) is 0.350. The predicted octanol–water partition coefficient (Wildman–Crippen LogP) is 4.08. The molecule has 2 aromatic heterocycles. The van der Waals surface area contributed by atoms with E-state index in [4.69, 9.17) is 11.6 Å². The van der Waals surface area contributed by atoms with Gasteiger partial charge in [-0.1, -0.05) is 35.9 Å². The molecule has 1 unspecified atom stereocenters. The Labute approximate surface area is 174 Å². The summed E-state index contributed by atoms with van der Waals surface area (Å²) in [6.45, 7) is 3.25. The van der Waals surface area contributed by atoms with Gasteiger partial charge in [-0.3, -0.25) is 4.90 Å². The lowest BCUT2D eigenvalue weighted by atomic mass is 10.1. The summed E-state index contributed by atoms with van der Waals surface area (Å²) in [6.07, 6.45) is 0.664. The molecular weight excluding hydrogens is 414 g/mol. The Balaban J connectivity index is 1.64. The van der Waals surface area contributed by atoms with Gasteiger partial charge in [-0.15, -0.1) is 11.3 Å². The van der Waals surface area contributed by atoms with Gasteiger partial charge in [0.1, 0.15) is 5.15 Å². The van der Waals surface area contributed by atoms with Gasteiger partial charge in [0.05, 0.1) is 22.9 Å². The van der Waals surface area contributed by atoms with Crippen molar-refractivity contribution >= 4 is 32.8 Å². The van der Waals surface area contributed by atoms with Crippen LogP contribution in [0.2, 0.25) is 5.15 Å². The molecule has 5 nitrogen and oxygen atoms in total. The Kier molecular flexibility index (Phi) is 5.60. The van der Waals surface area contributed by atoms with Crippen molar-refractivity contribution in [2.45, 2.75) is 32.5 Å². The molecule has 1 aliphatic heterocycles. The quantitative estimate of drug-likeness (QED) is 0.585. The number of benzene rings is 1. The van der Waals surface area contributed by atoms with E-state index in [9.17, 15) is 8.42 Å². The standard InChI is InChI=1S/C20H22ClN3O2S2/c1-15-19(20(21)24(22-15)16-6-3-2-4-7-16)13-23(12-18-8-5-10-27-18)17-9-11-28(25,26)14-17/h2-8,10,17H,9,11-14H2,1H3. The van der Waals surface area contributed by atoms with Crippen LogP contribution in [0.1, 0.15) is 22.6 Å². The van der Waals surface area contributed by atoms with Crippen molar-refractivity contribution in [3.05, 3.63) is 69.1 Å². The van der Waals surface area contributed by atoms with E-state index < -0.39 is 9.84 Å². The first-order chi connectivity index (χ1) is 13.4. The van der Waals surface area contributed by atoms with Crippen LogP contribution in [0.5, 0.6) is 0 Å². The average molecular weight is 436 g/mol. The second kappa shape index (κ2) is 7.99.